The number of piperidine rings is 1. The smallest absolute Gasteiger partial charge is 0.267 e. The molecule has 6 nitrogen and oxygen atoms in total. The molecule has 3 N–H and O–H groups in total. The molecular weight excluding hydrogens is 375 g/mol. The maximum absolute atomic E-state index is 11.7. The second kappa shape index (κ2) is 7.00. The summed E-state index contributed by atoms with van der Waals surface area (Å²) in [6.45, 7) is 2.56. The van der Waals surface area contributed by atoms with Crippen molar-refractivity contribution in [2.75, 3.05) is 26.8 Å². The highest BCUT2D eigenvalue weighted by molar-refractivity contribution is 6.43. The largest absolute Gasteiger partial charge is 0.384 e. The molecule has 4 rings (SSSR count). The molecular formula is C18H22Cl2N4O2. The normalized spacial score (nSPS) is 25.6. The van der Waals surface area contributed by atoms with Gasteiger partial charge in [0.25, 0.3) is 5.91 Å². The monoisotopic (exact) mass is 396 g/mol. The molecule has 3 unspecified atom stereocenters. The van der Waals surface area contributed by atoms with E-state index in [0.29, 0.717) is 39.5 Å². The fourth-order valence-electron chi connectivity index (χ4n) is 4.10. The van der Waals surface area contributed by atoms with Crippen molar-refractivity contribution in [2.24, 2.45) is 11.7 Å². The molecule has 0 bridgehead atoms. The number of pyridine rings is 1. The minimum absolute atomic E-state index is 0.164. The number of nitrogens with one attached hydrogen (secondary N) is 1. The zero-order valence-electron chi connectivity index (χ0n) is 14.6. The molecule has 1 saturated carbocycles. The summed E-state index contributed by atoms with van der Waals surface area (Å²) in [5.41, 5.74) is 7.33. The van der Waals surface area contributed by atoms with Gasteiger partial charge in [-0.3, -0.25) is 4.79 Å². The number of ether oxygens (including phenoxy) is 1. The Balaban J connectivity index is 1.92. The molecule has 140 valence electrons. The lowest BCUT2D eigenvalue weighted by Crippen LogP contribution is -2.32. The van der Waals surface area contributed by atoms with Crippen molar-refractivity contribution < 1.29 is 9.53 Å². The van der Waals surface area contributed by atoms with Crippen LogP contribution in [0.15, 0.2) is 6.07 Å². The van der Waals surface area contributed by atoms with Crippen molar-refractivity contribution in [3.05, 3.63) is 27.5 Å². The van der Waals surface area contributed by atoms with Crippen LogP contribution in [0.5, 0.6) is 0 Å². The van der Waals surface area contributed by atoms with E-state index < -0.39 is 5.91 Å². The number of hydrogen-bond acceptors (Lipinski definition) is 4. The Hall–Kier alpha value is -1.34. The van der Waals surface area contributed by atoms with Crippen molar-refractivity contribution in [3.8, 4) is 0 Å². The molecule has 8 heteroatoms. The van der Waals surface area contributed by atoms with Crippen LogP contribution in [0.3, 0.4) is 0 Å². The molecule has 3 heterocycles. The van der Waals surface area contributed by atoms with E-state index in [9.17, 15) is 4.79 Å². The highest BCUT2D eigenvalue weighted by Gasteiger charge is 2.44. The van der Waals surface area contributed by atoms with E-state index in [0.717, 1.165) is 38.0 Å². The summed E-state index contributed by atoms with van der Waals surface area (Å²) < 4.78 is 7.52. The van der Waals surface area contributed by atoms with Gasteiger partial charge >= 0.3 is 0 Å². The molecule has 1 saturated heterocycles. The van der Waals surface area contributed by atoms with Gasteiger partial charge in [-0.05, 0) is 37.8 Å². The van der Waals surface area contributed by atoms with E-state index in [1.807, 2.05) is 0 Å². The number of nitrogens with zero attached hydrogens (tertiary/aromatic N) is 2. The summed E-state index contributed by atoms with van der Waals surface area (Å²) in [6.07, 6.45) is 3.14. The van der Waals surface area contributed by atoms with E-state index in [1.165, 1.54) is 6.07 Å². The minimum atomic E-state index is -0.593. The number of nitrogens with two attached hydrogens (primary N) is 1. The van der Waals surface area contributed by atoms with Gasteiger partial charge in [-0.15, -0.1) is 0 Å². The number of methoxy groups -OCH3 is 1. The van der Waals surface area contributed by atoms with Gasteiger partial charge in [0.2, 0.25) is 0 Å². The van der Waals surface area contributed by atoms with Gasteiger partial charge in [-0.25, -0.2) is 4.98 Å². The van der Waals surface area contributed by atoms with Crippen LogP contribution < -0.4 is 11.1 Å². The van der Waals surface area contributed by atoms with E-state index >= 15 is 0 Å². The van der Waals surface area contributed by atoms with Crippen LogP contribution in [-0.4, -0.2) is 42.3 Å². The van der Waals surface area contributed by atoms with Crippen LogP contribution >= 0.6 is 23.2 Å². The number of fused-ring (bicyclic) bond motifs is 1. The first-order valence-electron chi connectivity index (χ1n) is 8.92. The Morgan fingerprint density at radius 2 is 2.31 bits per heavy atom. The second-order valence-corrected chi connectivity index (χ2v) is 7.96. The highest BCUT2D eigenvalue weighted by Crippen LogP contribution is 2.53. The molecule has 1 aliphatic carbocycles. The fraction of sp³-hybridized carbons (Fsp3) is 0.556. The van der Waals surface area contributed by atoms with E-state index in [1.54, 1.807) is 7.11 Å². The minimum Gasteiger partial charge on any atom is -0.384 e. The van der Waals surface area contributed by atoms with Crippen LogP contribution in [-0.2, 0) is 4.74 Å². The van der Waals surface area contributed by atoms with Gasteiger partial charge in [0.15, 0.2) is 0 Å². The van der Waals surface area contributed by atoms with Gasteiger partial charge in [-0.1, -0.05) is 23.2 Å². The molecule has 1 aliphatic heterocycles. The van der Waals surface area contributed by atoms with E-state index in [2.05, 4.69) is 14.9 Å². The number of amides is 1. The van der Waals surface area contributed by atoms with Gasteiger partial charge in [0.05, 0.1) is 15.4 Å². The predicted molar refractivity (Wildman–Crippen MR) is 102 cm³/mol. The lowest BCUT2D eigenvalue weighted by molar-refractivity contribution is 0.0996. The number of halogens is 2. The molecule has 2 aromatic rings. The number of carbonyl (C=O) groups excluding carboxylic acids is 1. The SMILES string of the molecule is COCC1CC1c1c(Cl)c2c(Cl)cc(C(N)=O)nc2n1C1CCCNC1. The molecule has 26 heavy (non-hydrogen) atoms. The van der Waals surface area contributed by atoms with Crippen molar-refractivity contribution >= 4 is 40.1 Å². The zero-order chi connectivity index (χ0) is 18.4. The number of carbonyl (C=O) groups is 1. The Labute approximate surface area is 162 Å². The first-order chi connectivity index (χ1) is 12.5. The number of rotatable bonds is 5. The van der Waals surface area contributed by atoms with E-state index in [4.69, 9.17) is 33.7 Å². The maximum Gasteiger partial charge on any atom is 0.267 e. The Morgan fingerprint density at radius 1 is 1.50 bits per heavy atom. The van der Waals surface area contributed by atoms with Crippen LogP contribution in [0.4, 0.5) is 0 Å². The summed E-state index contributed by atoms with van der Waals surface area (Å²) in [4.78, 5) is 16.2. The standard InChI is InChI=1S/C18H22Cl2N4O2/c1-26-8-9-5-11(9)16-15(20)14-12(19)6-13(17(21)25)23-18(14)24(16)10-3-2-4-22-7-10/h6,9-11,22H,2-5,7-8H2,1H3,(H2,21,25). The number of aromatic nitrogens is 2. The van der Waals surface area contributed by atoms with Gasteiger partial charge in [0, 0.05) is 37.9 Å². The van der Waals surface area contributed by atoms with Crippen molar-refractivity contribution in [2.45, 2.75) is 31.2 Å². The molecule has 2 fully saturated rings. The summed E-state index contributed by atoms with van der Waals surface area (Å²) >= 11 is 13.3. The highest BCUT2D eigenvalue weighted by atomic mass is 35.5. The van der Waals surface area contributed by atoms with Crippen LogP contribution in [0.2, 0.25) is 10.0 Å². The molecule has 2 aromatic heterocycles. The molecule has 0 aromatic carbocycles. The number of primary amides is 1. The van der Waals surface area contributed by atoms with E-state index in [-0.39, 0.29) is 11.7 Å². The van der Waals surface area contributed by atoms with Gasteiger partial charge in [-0.2, -0.15) is 0 Å². The third-order valence-corrected chi connectivity index (χ3v) is 6.11. The average molecular weight is 397 g/mol. The summed E-state index contributed by atoms with van der Waals surface area (Å²) in [5, 5.41) is 5.21. The number of hydrogen-bond donors (Lipinski definition) is 2. The van der Waals surface area contributed by atoms with Crippen molar-refractivity contribution in [3.63, 3.8) is 0 Å². The van der Waals surface area contributed by atoms with Crippen molar-refractivity contribution in [1.82, 2.24) is 14.9 Å². The molecule has 0 spiro atoms. The predicted octanol–water partition coefficient (Wildman–Crippen LogP) is 3.12. The van der Waals surface area contributed by atoms with Gasteiger partial charge < -0.3 is 20.4 Å². The Kier molecular flexibility index (Phi) is 4.86. The quantitative estimate of drug-likeness (QED) is 0.812. The topological polar surface area (TPSA) is 82.2 Å². The lowest BCUT2D eigenvalue weighted by atomic mass is 10.1. The second-order valence-electron chi connectivity index (χ2n) is 7.18. The Bertz CT molecular complexity index is 861. The van der Waals surface area contributed by atoms with Crippen LogP contribution in [0.1, 0.15) is 47.4 Å². The summed E-state index contributed by atoms with van der Waals surface area (Å²) in [6, 6.07) is 1.73. The van der Waals surface area contributed by atoms with Crippen molar-refractivity contribution in [1.29, 1.82) is 0 Å². The Morgan fingerprint density at radius 3 is 2.96 bits per heavy atom. The van der Waals surface area contributed by atoms with Crippen LogP contribution in [0, 0.1) is 5.92 Å². The molecule has 3 atom stereocenters. The first kappa shape index (κ1) is 18.0. The summed E-state index contributed by atoms with van der Waals surface area (Å²) in [5.74, 6) is 0.183. The molecule has 2 aliphatic rings. The zero-order valence-corrected chi connectivity index (χ0v) is 16.1. The fourth-order valence-corrected chi connectivity index (χ4v) is 4.85. The van der Waals surface area contributed by atoms with Gasteiger partial charge in [0.1, 0.15) is 11.3 Å². The third kappa shape index (κ3) is 2.99. The average Bonchev–Trinajstić information content (AvgIpc) is 3.31. The molecule has 0 radical (unpaired) electrons. The maximum atomic E-state index is 11.7. The third-order valence-electron chi connectivity index (χ3n) is 5.43. The molecule has 1 amide bonds. The first-order valence-corrected chi connectivity index (χ1v) is 9.67. The lowest BCUT2D eigenvalue weighted by Gasteiger charge is -2.27. The van der Waals surface area contributed by atoms with Crippen LogP contribution in [0.25, 0.3) is 11.0 Å². The summed E-state index contributed by atoms with van der Waals surface area (Å²) in [7, 11) is 1.72.